The van der Waals surface area contributed by atoms with Crippen LogP contribution in [0.15, 0.2) is 48.5 Å². The molecule has 1 N–H and O–H groups in total. The summed E-state index contributed by atoms with van der Waals surface area (Å²) in [4.78, 5) is 0. The second kappa shape index (κ2) is 4.76. The fourth-order valence-corrected chi connectivity index (χ4v) is 1.69. The van der Waals surface area contributed by atoms with E-state index in [1.54, 1.807) is 0 Å². The standard InChI is InChI=1S/C14H14N/c1-15-11-13-9-5-6-10-14(13)12-7-3-2-4-8-12/h2-7,9-10,15H,11H2,1H3. The van der Waals surface area contributed by atoms with Gasteiger partial charge in [0, 0.05) is 6.54 Å². The quantitative estimate of drug-likeness (QED) is 0.796. The minimum atomic E-state index is 0.888. The van der Waals surface area contributed by atoms with E-state index >= 15 is 0 Å². The molecule has 1 heteroatoms. The van der Waals surface area contributed by atoms with Crippen molar-refractivity contribution >= 4 is 0 Å². The maximum absolute atomic E-state index is 3.26. The van der Waals surface area contributed by atoms with E-state index in [9.17, 15) is 0 Å². The molecule has 0 saturated carbocycles. The highest BCUT2D eigenvalue weighted by Gasteiger charge is 2.02. The van der Waals surface area contributed by atoms with Crippen LogP contribution in [0.4, 0.5) is 0 Å². The molecule has 2 aromatic rings. The highest BCUT2D eigenvalue weighted by molar-refractivity contribution is 5.66. The molecule has 2 aromatic carbocycles. The zero-order valence-corrected chi connectivity index (χ0v) is 8.83. The van der Waals surface area contributed by atoms with Crippen molar-refractivity contribution in [2.24, 2.45) is 0 Å². The first-order valence-electron chi connectivity index (χ1n) is 5.11. The molecule has 0 aliphatic carbocycles. The topological polar surface area (TPSA) is 12.0 Å². The lowest BCUT2D eigenvalue weighted by molar-refractivity contribution is 0.819. The first kappa shape index (κ1) is 9.94. The van der Waals surface area contributed by atoms with Crippen molar-refractivity contribution in [1.82, 2.24) is 5.32 Å². The summed E-state index contributed by atoms with van der Waals surface area (Å²) in [5, 5.41) is 3.18. The zero-order valence-electron chi connectivity index (χ0n) is 8.83. The summed E-state index contributed by atoms with van der Waals surface area (Å²) in [5.41, 5.74) is 3.72. The molecule has 0 spiro atoms. The van der Waals surface area contributed by atoms with Gasteiger partial charge in [-0.25, -0.2) is 0 Å². The Labute approximate surface area is 90.8 Å². The van der Waals surface area contributed by atoms with Crippen molar-refractivity contribution in [2.75, 3.05) is 7.05 Å². The first-order valence-corrected chi connectivity index (χ1v) is 5.11. The molecule has 0 saturated heterocycles. The lowest BCUT2D eigenvalue weighted by atomic mass is 10.00. The van der Waals surface area contributed by atoms with Gasteiger partial charge in [-0.3, -0.25) is 0 Å². The molecular formula is C14H14N. The molecule has 0 aliphatic rings. The smallest absolute Gasteiger partial charge is 0.0208 e. The van der Waals surface area contributed by atoms with Crippen LogP contribution in [0, 0.1) is 6.07 Å². The predicted molar refractivity (Wildman–Crippen MR) is 63.5 cm³/mol. The average Bonchev–Trinajstić information content (AvgIpc) is 2.31. The van der Waals surface area contributed by atoms with E-state index < -0.39 is 0 Å². The minimum absolute atomic E-state index is 0.888. The second-order valence-electron chi connectivity index (χ2n) is 3.46. The van der Waals surface area contributed by atoms with Gasteiger partial charge in [0.1, 0.15) is 0 Å². The predicted octanol–water partition coefficient (Wildman–Crippen LogP) is 2.87. The Bertz CT molecular complexity index is 420. The van der Waals surface area contributed by atoms with Gasteiger partial charge in [-0.2, -0.15) is 0 Å². The van der Waals surface area contributed by atoms with E-state index in [1.807, 2.05) is 25.2 Å². The number of benzene rings is 2. The molecule has 0 amide bonds. The van der Waals surface area contributed by atoms with Crippen molar-refractivity contribution in [3.05, 3.63) is 60.2 Å². The summed E-state index contributed by atoms with van der Waals surface area (Å²) in [6.07, 6.45) is 0. The highest BCUT2D eigenvalue weighted by atomic mass is 14.8. The van der Waals surface area contributed by atoms with Crippen LogP contribution in [0.5, 0.6) is 0 Å². The normalized spacial score (nSPS) is 10.2. The van der Waals surface area contributed by atoms with Crippen molar-refractivity contribution in [3.8, 4) is 11.1 Å². The molecule has 1 radical (unpaired) electrons. The van der Waals surface area contributed by atoms with Crippen LogP contribution in [0.1, 0.15) is 5.56 Å². The Hall–Kier alpha value is -1.60. The molecule has 0 bridgehead atoms. The second-order valence-corrected chi connectivity index (χ2v) is 3.46. The van der Waals surface area contributed by atoms with Gasteiger partial charge in [0.05, 0.1) is 0 Å². The van der Waals surface area contributed by atoms with Crippen LogP contribution >= 0.6 is 0 Å². The Morgan fingerprint density at radius 3 is 2.60 bits per heavy atom. The van der Waals surface area contributed by atoms with Crippen molar-refractivity contribution in [2.45, 2.75) is 6.54 Å². The van der Waals surface area contributed by atoms with E-state index in [0.29, 0.717) is 0 Å². The number of nitrogens with one attached hydrogen (secondary N) is 1. The third-order valence-corrected chi connectivity index (χ3v) is 2.38. The monoisotopic (exact) mass is 196 g/mol. The Balaban J connectivity index is 2.43. The van der Waals surface area contributed by atoms with Gasteiger partial charge in [0.2, 0.25) is 0 Å². The molecule has 0 heterocycles. The largest absolute Gasteiger partial charge is 0.316 e. The summed E-state index contributed by atoms with van der Waals surface area (Å²) in [6, 6.07) is 19.7. The lowest BCUT2D eigenvalue weighted by Crippen LogP contribution is -2.06. The minimum Gasteiger partial charge on any atom is -0.316 e. The van der Waals surface area contributed by atoms with Crippen LogP contribution in [0.2, 0.25) is 0 Å². The summed E-state index contributed by atoms with van der Waals surface area (Å²) in [6.45, 7) is 0.888. The molecule has 15 heavy (non-hydrogen) atoms. The van der Waals surface area contributed by atoms with E-state index in [0.717, 1.165) is 12.1 Å². The first-order chi connectivity index (χ1) is 7.42. The zero-order chi connectivity index (χ0) is 10.5. The van der Waals surface area contributed by atoms with Crippen LogP contribution in [-0.2, 0) is 6.54 Å². The molecule has 0 aromatic heterocycles. The highest BCUT2D eigenvalue weighted by Crippen LogP contribution is 2.22. The molecule has 0 unspecified atom stereocenters. The SMILES string of the molecule is CNCc1ccccc1-c1[c]cccc1. The fraction of sp³-hybridized carbons (Fsp3) is 0.143. The molecule has 0 atom stereocenters. The van der Waals surface area contributed by atoms with E-state index in [-0.39, 0.29) is 0 Å². The van der Waals surface area contributed by atoms with E-state index in [1.165, 1.54) is 11.1 Å². The van der Waals surface area contributed by atoms with E-state index in [4.69, 9.17) is 0 Å². The molecule has 75 valence electrons. The van der Waals surface area contributed by atoms with Gasteiger partial charge in [-0.1, -0.05) is 48.5 Å². The Kier molecular flexibility index (Phi) is 3.15. The van der Waals surface area contributed by atoms with Crippen molar-refractivity contribution < 1.29 is 0 Å². The summed E-state index contributed by atoms with van der Waals surface area (Å²) in [5.74, 6) is 0. The number of hydrogen-bond donors (Lipinski definition) is 1. The van der Waals surface area contributed by atoms with Gasteiger partial charge in [-0.15, -0.1) is 0 Å². The molecule has 2 rings (SSSR count). The average molecular weight is 196 g/mol. The summed E-state index contributed by atoms with van der Waals surface area (Å²) in [7, 11) is 1.96. The summed E-state index contributed by atoms with van der Waals surface area (Å²) >= 11 is 0. The van der Waals surface area contributed by atoms with Crippen LogP contribution in [0.3, 0.4) is 0 Å². The maximum atomic E-state index is 3.26. The van der Waals surface area contributed by atoms with Crippen molar-refractivity contribution in [3.63, 3.8) is 0 Å². The third kappa shape index (κ3) is 2.25. The molecular weight excluding hydrogens is 182 g/mol. The maximum Gasteiger partial charge on any atom is 0.0208 e. The molecule has 0 aliphatic heterocycles. The Morgan fingerprint density at radius 2 is 1.87 bits per heavy atom. The van der Waals surface area contributed by atoms with Crippen LogP contribution in [-0.4, -0.2) is 7.05 Å². The summed E-state index contributed by atoms with van der Waals surface area (Å²) < 4.78 is 0. The molecule has 0 fully saturated rings. The lowest BCUT2D eigenvalue weighted by Gasteiger charge is -2.08. The van der Waals surface area contributed by atoms with Crippen LogP contribution in [0.25, 0.3) is 11.1 Å². The molecule has 1 nitrogen and oxygen atoms in total. The third-order valence-electron chi connectivity index (χ3n) is 2.38. The van der Waals surface area contributed by atoms with Gasteiger partial charge >= 0.3 is 0 Å². The Morgan fingerprint density at radius 1 is 1.07 bits per heavy atom. The van der Waals surface area contributed by atoms with Gasteiger partial charge in [0.15, 0.2) is 0 Å². The van der Waals surface area contributed by atoms with E-state index in [2.05, 4.69) is 41.7 Å². The van der Waals surface area contributed by atoms with Gasteiger partial charge in [-0.05, 0) is 29.8 Å². The van der Waals surface area contributed by atoms with Crippen LogP contribution < -0.4 is 5.32 Å². The van der Waals surface area contributed by atoms with Gasteiger partial charge in [0.25, 0.3) is 0 Å². The van der Waals surface area contributed by atoms with Gasteiger partial charge < -0.3 is 5.32 Å². The number of hydrogen-bond acceptors (Lipinski definition) is 1. The fourth-order valence-electron chi connectivity index (χ4n) is 1.69. The number of rotatable bonds is 3. The van der Waals surface area contributed by atoms with Crippen molar-refractivity contribution in [1.29, 1.82) is 0 Å².